The van der Waals surface area contributed by atoms with E-state index in [0.717, 1.165) is 18.9 Å². The Morgan fingerprint density at radius 3 is 2.74 bits per heavy atom. The minimum Gasteiger partial charge on any atom is -0.370 e. The van der Waals surface area contributed by atoms with E-state index >= 15 is 0 Å². The van der Waals surface area contributed by atoms with Gasteiger partial charge in [-0.15, -0.1) is 0 Å². The molecule has 0 saturated heterocycles. The van der Waals surface area contributed by atoms with E-state index in [1.54, 1.807) is 6.20 Å². The molecule has 0 unspecified atom stereocenters. The zero-order chi connectivity index (χ0) is 13.7. The van der Waals surface area contributed by atoms with Gasteiger partial charge in [0.2, 0.25) is 0 Å². The first-order chi connectivity index (χ1) is 9.19. The van der Waals surface area contributed by atoms with Crippen LogP contribution < -0.4 is 10.6 Å². The maximum atomic E-state index is 12.0. The predicted molar refractivity (Wildman–Crippen MR) is 80.8 cm³/mol. The maximum absolute atomic E-state index is 12.0. The highest BCUT2D eigenvalue weighted by Gasteiger charge is 2.36. The Morgan fingerprint density at radius 2 is 2.26 bits per heavy atom. The summed E-state index contributed by atoms with van der Waals surface area (Å²) in [4.78, 5) is 16.2. The molecule has 1 aliphatic carbocycles. The van der Waals surface area contributed by atoms with Gasteiger partial charge in [-0.05, 0) is 38.2 Å². The molecule has 1 fully saturated rings. The molecule has 5 heteroatoms. The largest absolute Gasteiger partial charge is 0.370 e. The van der Waals surface area contributed by atoms with Crippen LogP contribution in [0.15, 0.2) is 18.3 Å². The number of anilines is 1. The van der Waals surface area contributed by atoms with Gasteiger partial charge in [0.05, 0.1) is 5.56 Å². The molecule has 0 spiro atoms. The molecule has 2 rings (SSSR count). The third-order valence-corrected chi connectivity index (χ3v) is 5.07. The third kappa shape index (κ3) is 3.41. The van der Waals surface area contributed by atoms with Crippen molar-refractivity contribution in [1.82, 2.24) is 10.3 Å². The van der Waals surface area contributed by atoms with Crippen molar-refractivity contribution in [3.63, 3.8) is 0 Å². The van der Waals surface area contributed by atoms with Crippen molar-refractivity contribution in [3.8, 4) is 0 Å². The van der Waals surface area contributed by atoms with Crippen molar-refractivity contribution in [1.29, 1.82) is 0 Å². The second-order valence-corrected chi connectivity index (χ2v) is 6.16. The van der Waals surface area contributed by atoms with Gasteiger partial charge in [-0.2, -0.15) is 11.8 Å². The van der Waals surface area contributed by atoms with E-state index in [1.807, 2.05) is 30.8 Å². The van der Waals surface area contributed by atoms with Crippen molar-refractivity contribution in [2.45, 2.75) is 30.9 Å². The van der Waals surface area contributed by atoms with Crippen LogP contribution in [-0.4, -0.2) is 35.0 Å². The fourth-order valence-corrected chi connectivity index (χ4v) is 3.09. The number of hydrogen-bond acceptors (Lipinski definition) is 4. The van der Waals surface area contributed by atoms with E-state index in [9.17, 15) is 4.79 Å². The molecule has 0 bridgehead atoms. The number of pyridine rings is 1. The Balaban J connectivity index is 1.89. The van der Waals surface area contributed by atoms with E-state index in [0.29, 0.717) is 5.56 Å². The number of amides is 1. The first-order valence-corrected chi connectivity index (χ1v) is 7.95. The lowest BCUT2D eigenvalue weighted by Crippen LogP contribution is -2.45. The molecular formula is C14H21N3OS. The number of aromatic nitrogens is 1. The summed E-state index contributed by atoms with van der Waals surface area (Å²) < 4.78 is 0.271. The molecule has 1 saturated carbocycles. The molecule has 4 nitrogen and oxygen atoms in total. The molecule has 0 aromatic carbocycles. The lowest BCUT2D eigenvalue weighted by atomic mass is 9.84. The van der Waals surface area contributed by atoms with Gasteiger partial charge in [0.25, 0.3) is 5.91 Å². The lowest BCUT2D eigenvalue weighted by molar-refractivity contribution is 0.0943. The Kier molecular flexibility index (Phi) is 4.69. The number of rotatable bonds is 6. The van der Waals surface area contributed by atoms with Gasteiger partial charge in [0.1, 0.15) is 5.82 Å². The summed E-state index contributed by atoms with van der Waals surface area (Å²) in [5.74, 6) is 0.773. The van der Waals surface area contributed by atoms with Crippen LogP contribution in [0, 0.1) is 0 Å². The average molecular weight is 279 g/mol. The number of thioether (sulfide) groups is 1. The molecule has 0 radical (unpaired) electrons. The minimum absolute atomic E-state index is 0.0316. The third-order valence-electron chi connectivity index (χ3n) is 3.65. The van der Waals surface area contributed by atoms with Crippen LogP contribution >= 0.6 is 11.8 Å². The number of carbonyl (C=O) groups is 1. The molecule has 1 aliphatic rings. The van der Waals surface area contributed by atoms with Crippen molar-refractivity contribution in [2.24, 2.45) is 0 Å². The molecule has 104 valence electrons. The van der Waals surface area contributed by atoms with Crippen LogP contribution in [0.5, 0.6) is 0 Å². The number of nitrogens with zero attached hydrogens (tertiary/aromatic N) is 1. The Labute approximate surface area is 118 Å². The summed E-state index contributed by atoms with van der Waals surface area (Å²) in [6.45, 7) is 3.60. The van der Waals surface area contributed by atoms with E-state index in [4.69, 9.17) is 0 Å². The second kappa shape index (κ2) is 6.28. The highest BCUT2D eigenvalue weighted by molar-refractivity contribution is 8.00. The molecule has 0 aliphatic heterocycles. The zero-order valence-electron chi connectivity index (χ0n) is 11.5. The van der Waals surface area contributed by atoms with Crippen molar-refractivity contribution in [3.05, 3.63) is 23.9 Å². The van der Waals surface area contributed by atoms with Crippen LogP contribution in [0.1, 0.15) is 36.5 Å². The monoisotopic (exact) mass is 279 g/mol. The normalized spacial score (nSPS) is 16.5. The molecule has 1 heterocycles. The van der Waals surface area contributed by atoms with E-state index in [1.165, 1.54) is 19.3 Å². The summed E-state index contributed by atoms with van der Waals surface area (Å²) in [6, 6.07) is 3.65. The standard InChI is InChI=1S/C14H21N3OS/c1-3-15-12-6-5-11(9-16-12)13(18)17-10-14(19-2)7-4-8-14/h5-6,9H,3-4,7-8,10H2,1-2H3,(H,15,16)(H,17,18). The van der Waals surface area contributed by atoms with Crippen LogP contribution in [0.3, 0.4) is 0 Å². The van der Waals surface area contributed by atoms with Gasteiger partial charge >= 0.3 is 0 Å². The van der Waals surface area contributed by atoms with Gasteiger partial charge in [-0.3, -0.25) is 4.79 Å². The van der Waals surface area contributed by atoms with Gasteiger partial charge in [0, 0.05) is 24.0 Å². The highest BCUT2D eigenvalue weighted by Crippen LogP contribution is 2.42. The van der Waals surface area contributed by atoms with Crippen molar-refractivity contribution >= 4 is 23.5 Å². The quantitative estimate of drug-likeness (QED) is 0.840. The summed E-state index contributed by atoms with van der Waals surface area (Å²) in [7, 11) is 0. The second-order valence-electron chi connectivity index (χ2n) is 4.89. The molecule has 1 aromatic rings. The molecule has 2 N–H and O–H groups in total. The van der Waals surface area contributed by atoms with Crippen LogP contribution in [-0.2, 0) is 0 Å². The van der Waals surface area contributed by atoms with Crippen LogP contribution in [0.4, 0.5) is 5.82 Å². The first kappa shape index (κ1) is 14.2. The molecule has 1 amide bonds. The molecule has 0 atom stereocenters. The summed E-state index contributed by atoms with van der Waals surface area (Å²) in [5.41, 5.74) is 0.622. The van der Waals surface area contributed by atoms with Crippen LogP contribution in [0.25, 0.3) is 0 Å². The van der Waals surface area contributed by atoms with Crippen molar-refractivity contribution in [2.75, 3.05) is 24.7 Å². The summed E-state index contributed by atoms with van der Waals surface area (Å²) in [5, 5.41) is 6.14. The van der Waals surface area contributed by atoms with Crippen LogP contribution in [0.2, 0.25) is 0 Å². The number of carbonyl (C=O) groups excluding carboxylic acids is 1. The van der Waals surface area contributed by atoms with Gasteiger partial charge in [-0.1, -0.05) is 6.42 Å². The van der Waals surface area contributed by atoms with E-state index < -0.39 is 0 Å². The Hall–Kier alpha value is -1.23. The molecular weight excluding hydrogens is 258 g/mol. The SMILES string of the molecule is CCNc1ccc(C(=O)NCC2(SC)CCC2)cn1. The lowest BCUT2D eigenvalue weighted by Gasteiger charge is -2.40. The first-order valence-electron chi connectivity index (χ1n) is 6.72. The Morgan fingerprint density at radius 1 is 1.47 bits per heavy atom. The van der Waals surface area contributed by atoms with Crippen molar-refractivity contribution < 1.29 is 4.79 Å². The predicted octanol–water partition coefficient (Wildman–Crippen LogP) is 2.53. The number of hydrogen-bond donors (Lipinski definition) is 2. The maximum Gasteiger partial charge on any atom is 0.252 e. The topological polar surface area (TPSA) is 54.0 Å². The Bertz CT molecular complexity index is 423. The number of nitrogens with one attached hydrogen (secondary N) is 2. The molecule has 19 heavy (non-hydrogen) atoms. The van der Waals surface area contributed by atoms with Gasteiger partial charge < -0.3 is 10.6 Å². The van der Waals surface area contributed by atoms with Gasteiger partial charge in [-0.25, -0.2) is 4.98 Å². The fraction of sp³-hybridized carbons (Fsp3) is 0.571. The molecule has 1 aromatic heterocycles. The smallest absolute Gasteiger partial charge is 0.252 e. The van der Waals surface area contributed by atoms with E-state index in [-0.39, 0.29) is 10.7 Å². The zero-order valence-corrected chi connectivity index (χ0v) is 12.3. The van der Waals surface area contributed by atoms with Gasteiger partial charge in [0.15, 0.2) is 0 Å². The summed E-state index contributed by atoms with van der Waals surface area (Å²) in [6.07, 6.45) is 7.42. The average Bonchev–Trinajstić information content (AvgIpc) is 2.39. The minimum atomic E-state index is -0.0316. The highest BCUT2D eigenvalue weighted by atomic mass is 32.2. The van der Waals surface area contributed by atoms with E-state index in [2.05, 4.69) is 21.9 Å². The summed E-state index contributed by atoms with van der Waals surface area (Å²) >= 11 is 1.86. The fourth-order valence-electron chi connectivity index (χ4n) is 2.18.